The van der Waals surface area contributed by atoms with E-state index in [4.69, 9.17) is 0 Å². The molecule has 1 aromatic rings. The van der Waals surface area contributed by atoms with Gasteiger partial charge in [0.2, 0.25) is 5.78 Å². The minimum absolute atomic E-state index is 0.408. The highest BCUT2D eigenvalue weighted by Crippen LogP contribution is 2.30. The Balaban J connectivity index is 2.25. The van der Waals surface area contributed by atoms with Gasteiger partial charge in [-0.1, -0.05) is 30.3 Å². The van der Waals surface area contributed by atoms with Gasteiger partial charge in [0, 0.05) is 5.56 Å². The molecule has 2 unspecified atom stereocenters. The third-order valence-corrected chi connectivity index (χ3v) is 2.23. The fourth-order valence-corrected chi connectivity index (χ4v) is 1.25. The normalized spacial score (nSPS) is 30.9. The quantitative estimate of drug-likeness (QED) is 0.561. The number of benzene rings is 1. The van der Waals surface area contributed by atoms with Crippen LogP contribution in [0.2, 0.25) is 0 Å². The molecule has 1 heterocycles. The van der Waals surface area contributed by atoms with Gasteiger partial charge in [-0.05, 0) is 6.92 Å². The molecule has 2 rings (SSSR count). The molecule has 2 atom stereocenters. The molecule has 14 heavy (non-hydrogen) atoms. The molecule has 1 aliphatic rings. The van der Waals surface area contributed by atoms with Crippen LogP contribution in [0.15, 0.2) is 30.3 Å². The van der Waals surface area contributed by atoms with E-state index >= 15 is 0 Å². The number of hydrogen-bond donors (Lipinski definition) is 1. The van der Waals surface area contributed by atoms with Crippen molar-refractivity contribution in [3.05, 3.63) is 35.9 Å². The lowest BCUT2D eigenvalue weighted by atomic mass is 9.98. The molecule has 0 amide bonds. The van der Waals surface area contributed by atoms with E-state index in [1.807, 2.05) is 0 Å². The zero-order valence-electron chi connectivity index (χ0n) is 7.64. The van der Waals surface area contributed by atoms with Gasteiger partial charge in [0.15, 0.2) is 6.10 Å². The van der Waals surface area contributed by atoms with E-state index in [1.54, 1.807) is 37.3 Å². The van der Waals surface area contributed by atoms with Crippen molar-refractivity contribution in [3.8, 4) is 0 Å². The second-order valence-corrected chi connectivity index (χ2v) is 3.21. The number of carbonyl (C=O) groups is 1. The van der Waals surface area contributed by atoms with Crippen LogP contribution < -0.4 is 0 Å². The highest BCUT2D eigenvalue weighted by molar-refractivity contribution is 6.01. The van der Waals surface area contributed by atoms with Gasteiger partial charge in [-0.25, -0.2) is 4.89 Å². The Morgan fingerprint density at radius 3 is 2.50 bits per heavy atom. The monoisotopic (exact) mass is 194 g/mol. The topological polar surface area (TPSA) is 55.8 Å². The first kappa shape index (κ1) is 9.33. The molecule has 4 nitrogen and oxygen atoms in total. The van der Waals surface area contributed by atoms with Gasteiger partial charge in [0.25, 0.3) is 5.79 Å². The van der Waals surface area contributed by atoms with Gasteiger partial charge in [-0.2, -0.15) is 4.89 Å². The van der Waals surface area contributed by atoms with E-state index in [1.165, 1.54) is 0 Å². The Morgan fingerprint density at radius 1 is 1.43 bits per heavy atom. The second kappa shape index (κ2) is 3.16. The fraction of sp³-hybridized carbons (Fsp3) is 0.300. The van der Waals surface area contributed by atoms with E-state index in [2.05, 4.69) is 9.78 Å². The van der Waals surface area contributed by atoms with Crippen LogP contribution in [-0.2, 0) is 9.78 Å². The first-order chi connectivity index (χ1) is 6.64. The maximum atomic E-state index is 11.7. The van der Waals surface area contributed by atoms with Crippen molar-refractivity contribution in [3.63, 3.8) is 0 Å². The molecule has 0 aromatic heterocycles. The van der Waals surface area contributed by atoms with Crippen molar-refractivity contribution in [2.45, 2.75) is 18.8 Å². The average Bonchev–Trinajstić information content (AvgIpc) is 2.26. The molecule has 1 N–H and O–H groups in total. The molecule has 74 valence electrons. The minimum atomic E-state index is -1.82. The molecule has 1 aromatic carbocycles. The zero-order chi connectivity index (χ0) is 10.2. The van der Waals surface area contributed by atoms with Crippen LogP contribution in [-0.4, -0.2) is 22.8 Å². The predicted molar refractivity (Wildman–Crippen MR) is 47.4 cm³/mol. The summed E-state index contributed by atoms with van der Waals surface area (Å²) in [7, 11) is 0. The number of carbonyl (C=O) groups excluding carboxylic acids is 1. The van der Waals surface area contributed by atoms with Crippen LogP contribution in [0.5, 0.6) is 0 Å². The van der Waals surface area contributed by atoms with Crippen LogP contribution in [0, 0.1) is 0 Å². The molecule has 4 heteroatoms. The highest BCUT2D eigenvalue weighted by Gasteiger charge is 2.54. The van der Waals surface area contributed by atoms with E-state index < -0.39 is 17.7 Å². The molecule has 0 bridgehead atoms. The number of hydrogen-bond acceptors (Lipinski definition) is 4. The van der Waals surface area contributed by atoms with Gasteiger partial charge >= 0.3 is 0 Å². The third-order valence-electron chi connectivity index (χ3n) is 2.23. The summed E-state index contributed by atoms with van der Waals surface area (Å²) in [6, 6.07) is 8.48. The summed E-state index contributed by atoms with van der Waals surface area (Å²) >= 11 is 0. The van der Waals surface area contributed by atoms with Crippen molar-refractivity contribution in [1.82, 2.24) is 0 Å². The van der Waals surface area contributed by atoms with E-state index in [-0.39, 0.29) is 0 Å². The standard InChI is InChI=1S/C10H10O4/c1-7-10(12,14-13-7)9(11)8-5-3-2-4-6-8/h2-7,12H,1H3. The summed E-state index contributed by atoms with van der Waals surface area (Å²) in [5, 5.41) is 9.70. The Hall–Kier alpha value is -1.23. The molecule has 0 spiro atoms. The molecule has 0 radical (unpaired) electrons. The summed E-state index contributed by atoms with van der Waals surface area (Å²) in [6.45, 7) is 1.57. The number of rotatable bonds is 2. The summed E-state index contributed by atoms with van der Waals surface area (Å²) in [4.78, 5) is 20.7. The van der Waals surface area contributed by atoms with Crippen molar-refractivity contribution in [2.75, 3.05) is 0 Å². The Bertz CT molecular complexity index is 348. The lowest BCUT2D eigenvalue weighted by molar-refractivity contribution is -0.538. The molecular weight excluding hydrogens is 184 g/mol. The zero-order valence-corrected chi connectivity index (χ0v) is 7.64. The molecule has 1 saturated heterocycles. The lowest BCUT2D eigenvalue weighted by Crippen LogP contribution is -2.60. The average molecular weight is 194 g/mol. The fourth-order valence-electron chi connectivity index (χ4n) is 1.25. The van der Waals surface area contributed by atoms with Crippen molar-refractivity contribution < 1.29 is 19.7 Å². The summed E-state index contributed by atoms with van der Waals surface area (Å²) in [5.74, 6) is -2.29. The van der Waals surface area contributed by atoms with Crippen LogP contribution in [0.4, 0.5) is 0 Å². The molecule has 0 saturated carbocycles. The van der Waals surface area contributed by atoms with E-state index in [9.17, 15) is 9.90 Å². The Morgan fingerprint density at radius 2 is 2.07 bits per heavy atom. The summed E-state index contributed by atoms with van der Waals surface area (Å²) in [6.07, 6.45) is -0.629. The molecule has 0 aliphatic carbocycles. The Kier molecular flexibility index (Phi) is 2.11. The summed E-state index contributed by atoms with van der Waals surface area (Å²) in [5.41, 5.74) is 0.408. The molecule has 1 fully saturated rings. The second-order valence-electron chi connectivity index (χ2n) is 3.21. The maximum absolute atomic E-state index is 11.7. The number of Topliss-reactive ketones (excluding diaryl/α,β-unsaturated/α-hetero) is 1. The smallest absolute Gasteiger partial charge is 0.292 e. The molecule has 1 aliphatic heterocycles. The predicted octanol–water partition coefficient (Wildman–Crippen LogP) is 0.908. The van der Waals surface area contributed by atoms with Gasteiger partial charge in [-0.15, -0.1) is 0 Å². The third kappa shape index (κ3) is 1.24. The van der Waals surface area contributed by atoms with Crippen LogP contribution in [0.25, 0.3) is 0 Å². The largest absolute Gasteiger partial charge is 0.355 e. The molecular formula is C10H10O4. The minimum Gasteiger partial charge on any atom is -0.355 e. The van der Waals surface area contributed by atoms with Crippen molar-refractivity contribution >= 4 is 5.78 Å². The van der Waals surface area contributed by atoms with E-state index in [0.29, 0.717) is 5.56 Å². The first-order valence-electron chi connectivity index (χ1n) is 4.31. The maximum Gasteiger partial charge on any atom is 0.292 e. The first-order valence-corrected chi connectivity index (χ1v) is 4.31. The SMILES string of the molecule is CC1OOC1(O)C(=O)c1ccccc1. The van der Waals surface area contributed by atoms with Gasteiger partial charge in [0.05, 0.1) is 0 Å². The van der Waals surface area contributed by atoms with Gasteiger partial charge in [0.1, 0.15) is 0 Å². The number of ketones is 1. The lowest BCUT2D eigenvalue weighted by Gasteiger charge is -2.38. The highest BCUT2D eigenvalue weighted by atomic mass is 17.3. The van der Waals surface area contributed by atoms with Crippen LogP contribution >= 0.6 is 0 Å². The van der Waals surface area contributed by atoms with Gasteiger partial charge < -0.3 is 5.11 Å². The number of aliphatic hydroxyl groups is 1. The Labute approximate surface area is 81.0 Å². The van der Waals surface area contributed by atoms with E-state index in [0.717, 1.165) is 0 Å². The van der Waals surface area contributed by atoms with Crippen LogP contribution in [0.3, 0.4) is 0 Å². The van der Waals surface area contributed by atoms with Crippen LogP contribution in [0.1, 0.15) is 17.3 Å². The van der Waals surface area contributed by atoms with Crippen molar-refractivity contribution in [2.24, 2.45) is 0 Å². The van der Waals surface area contributed by atoms with Crippen molar-refractivity contribution in [1.29, 1.82) is 0 Å². The van der Waals surface area contributed by atoms with Gasteiger partial charge in [-0.3, -0.25) is 4.79 Å². The summed E-state index contributed by atoms with van der Waals surface area (Å²) < 4.78 is 0.